The van der Waals surface area contributed by atoms with Gasteiger partial charge in [-0.05, 0) is 38.8 Å². The molecule has 2 unspecified atom stereocenters. The molecule has 10 heteroatoms. The van der Waals surface area contributed by atoms with E-state index in [1.165, 1.54) is 24.0 Å². The van der Waals surface area contributed by atoms with Crippen LogP contribution < -0.4 is 16.4 Å². The maximum Gasteiger partial charge on any atom is 0.317 e. The molecular formula is C20H27N5O5. The third kappa shape index (κ3) is 5.86. The fourth-order valence-corrected chi connectivity index (χ4v) is 3.42. The van der Waals surface area contributed by atoms with Crippen LogP contribution in [0.3, 0.4) is 0 Å². The second-order valence-electron chi connectivity index (χ2n) is 7.34. The standard InChI is InChI=1S/C20H27N5O5/c1-11(24-19(29)14-5-3-13(4-6-14)18(21)22)20(30)25-8-7-15(23-10-17(27)28)9-16(25)12(2)26/h3-6,11,15-16,23H,7-10H2,1-2H3,(H3,21,22)(H,24,29)(H,27,28)/t11?,15?,16-/m0/s1. The van der Waals surface area contributed by atoms with Gasteiger partial charge in [0.25, 0.3) is 5.91 Å². The zero-order valence-corrected chi connectivity index (χ0v) is 17.0. The molecule has 6 N–H and O–H groups in total. The zero-order valence-electron chi connectivity index (χ0n) is 17.0. The Balaban J connectivity index is 2.01. The average Bonchev–Trinajstić information content (AvgIpc) is 2.71. The van der Waals surface area contributed by atoms with Crippen LogP contribution in [0.4, 0.5) is 0 Å². The van der Waals surface area contributed by atoms with Crippen LogP contribution >= 0.6 is 0 Å². The third-order valence-corrected chi connectivity index (χ3v) is 5.07. The van der Waals surface area contributed by atoms with Crippen LogP contribution in [0.5, 0.6) is 0 Å². The fourth-order valence-electron chi connectivity index (χ4n) is 3.42. The number of carbonyl (C=O) groups is 4. The van der Waals surface area contributed by atoms with Crippen LogP contribution in [-0.4, -0.2) is 70.6 Å². The lowest BCUT2D eigenvalue weighted by molar-refractivity contribution is -0.142. The molecule has 0 bridgehead atoms. The molecule has 1 fully saturated rings. The molecule has 0 saturated carbocycles. The molecule has 0 aliphatic carbocycles. The van der Waals surface area contributed by atoms with Crippen LogP contribution in [0.2, 0.25) is 0 Å². The van der Waals surface area contributed by atoms with E-state index >= 15 is 0 Å². The highest BCUT2D eigenvalue weighted by atomic mass is 16.4. The predicted octanol–water partition coefficient (Wildman–Crippen LogP) is -0.288. The number of ketones is 1. The lowest BCUT2D eigenvalue weighted by Crippen LogP contribution is -2.58. The molecule has 1 saturated heterocycles. The highest BCUT2D eigenvalue weighted by Gasteiger charge is 2.36. The van der Waals surface area contributed by atoms with Gasteiger partial charge < -0.3 is 26.4 Å². The molecule has 2 rings (SSSR count). The van der Waals surface area contributed by atoms with E-state index < -0.39 is 24.0 Å². The van der Waals surface area contributed by atoms with E-state index in [0.717, 1.165) is 0 Å². The van der Waals surface area contributed by atoms with Crippen LogP contribution in [-0.2, 0) is 14.4 Å². The molecule has 162 valence electrons. The van der Waals surface area contributed by atoms with Crippen molar-refractivity contribution in [2.75, 3.05) is 13.1 Å². The van der Waals surface area contributed by atoms with E-state index in [0.29, 0.717) is 24.0 Å². The number of carboxylic acids is 1. The highest BCUT2D eigenvalue weighted by Crippen LogP contribution is 2.20. The Morgan fingerprint density at radius 1 is 1.23 bits per heavy atom. The summed E-state index contributed by atoms with van der Waals surface area (Å²) >= 11 is 0. The number of piperidine rings is 1. The monoisotopic (exact) mass is 417 g/mol. The van der Waals surface area contributed by atoms with Crippen molar-refractivity contribution in [3.63, 3.8) is 0 Å². The topological polar surface area (TPSA) is 166 Å². The summed E-state index contributed by atoms with van der Waals surface area (Å²) in [6.07, 6.45) is 0.831. The van der Waals surface area contributed by atoms with Crippen molar-refractivity contribution < 1.29 is 24.3 Å². The van der Waals surface area contributed by atoms with Crippen molar-refractivity contribution in [3.05, 3.63) is 35.4 Å². The number of nitrogens with one attached hydrogen (secondary N) is 3. The minimum Gasteiger partial charge on any atom is -0.480 e. The van der Waals surface area contributed by atoms with Gasteiger partial charge in [-0.1, -0.05) is 12.1 Å². The summed E-state index contributed by atoms with van der Waals surface area (Å²) in [6.45, 7) is 3.02. The van der Waals surface area contributed by atoms with Gasteiger partial charge in [0, 0.05) is 23.7 Å². The normalized spacial score (nSPS) is 19.6. The van der Waals surface area contributed by atoms with Crippen LogP contribution in [0.25, 0.3) is 0 Å². The zero-order chi connectivity index (χ0) is 22.4. The molecule has 30 heavy (non-hydrogen) atoms. The first kappa shape index (κ1) is 23.0. The number of rotatable bonds is 8. The van der Waals surface area contributed by atoms with Gasteiger partial charge in [0.1, 0.15) is 11.9 Å². The molecule has 10 nitrogen and oxygen atoms in total. The number of nitrogens with zero attached hydrogens (tertiary/aromatic N) is 1. The van der Waals surface area contributed by atoms with Gasteiger partial charge in [-0.3, -0.25) is 24.6 Å². The van der Waals surface area contributed by atoms with E-state index in [1.54, 1.807) is 19.1 Å². The maximum absolute atomic E-state index is 12.9. The van der Waals surface area contributed by atoms with Gasteiger partial charge in [-0.2, -0.15) is 0 Å². The number of carbonyl (C=O) groups excluding carboxylic acids is 3. The first-order chi connectivity index (χ1) is 14.1. The summed E-state index contributed by atoms with van der Waals surface area (Å²) in [7, 11) is 0. The number of nitrogens with two attached hydrogens (primary N) is 1. The van der Waals surface area contributed by atoms with Crippen molar-refractivity contribution in [2.45, 2.75) is 44.8 Å². The van der Waals surface area contributed by atoms with E-state index in [1.807, 2.05) is 0 Å². The number of Topliss-reactive ketones (excluding diaryl/α,β-unsaturated/α-hetero) is 1. The number of amidine groups is 1. The Hall–Kier alpha value is -3.27. The van der Waals surface area contributed by atoms with Crippen molar-refractivity contribution in [2.24, 2.45) is 5.73 Å². The number of nitrogen functional groups attached to an aromatic ring is 1. The summed E-state index contributed by atoms with van der Waals surface area (Å²) in [4.78, 5) is 49.6. The average molecular weight is 417 g/mol. The molecule has 1 aliphatic heterocycles. The van der Waals surface area contributed by atoms with Crippen molar-refractivity contribution in [1.29, 1.82) is 5.41 Å². The molecule has 0 aromatic heterocycles. The van der Waals surface area contributed by atoms with Crippen LogP contribution in [0.15, 0.2) is 24.3 Å². The van der Waals surface area contributed by atoms with E-state index in [2.05, 4.69) is 10.6 Å². The summed E-state index contributed by atoms with van der Waals surface area (Å²) < 4.78 is 0. The quantitative estimate of drug-likeness (QED) is 0.286. The summed E-state index contributed by atoms with van der Waals surface area (Å²) in [5.74, 6) is -2.12. The Kier molecular flexibility index (Phi) is 7.65. The number of hydrogen-bond donors (Lipinski definition) is 5. The second-order valence-corrected chi connectivity index (χ2v) is 7.34. The van der Waals surface area contributed by atoms with Gasteiger partial charge in [-0.25, -0.2) is 0 Å². The number of likely N-dealkylation sites (tertiary alicyclic amines) is 1. The predicted molar refractivity (Wildman–Crippen MR) is 109 cm³/mol. The molecule has 1 aliphatic rings. The minimum atomic E-state index is -0.986. The number of benzene rings is 1. The summed E-state index contributed by atoms with van der Waals surface area (Å²) in [5, 5.41) is 21.7. The van der Waals surface area contributed by atoms with Gasteiger partial charge in [0.05, 0.1) is 12.6 Å². The van der Waals surface area contributed by atoms with Crippen LogP contribution in [0, 0.1) is 5.41 Å². The molecule has 2 amide bonds. The first-order valence-electron chi connectivity index (χ1n) is 9.61. The van der Waals surface area contributed by atoms with Crippen molar-refractivity contribution >= 4 is 29.4 Å². The molecule has 1 aromatic rings. The lowest BCUT2D eigenvalue weighted by Gasteiger charge is -2.39. The third-order valence-electron chi connectivity index (χ3n) is 5.07. The number of carboxylic acid groups (broad SMARTS) is 1. The molecule has 1 heterocycles. The van der Waals surface area contributed by atoms with E-state index in [4.69, 9.17) is 16.2 Å². The fraction of sp³-hybridized carbons (Fsp3) is 0.450. The van der Waals surface area contributed by atoms with Gasteiger partial charge in [-0.15, -0.1) is 0 Å². The van der Waals surface area contributed by atoms with Crippen LogP contribution in [0.1, 0.15) is 42.6 Å². The summed E-state index contributed by atoms with van der Waals surface area (Å²) in [5.41, 5.74) is 6.20. The van der Waals surface area contributed by atoms with E-state index in [-0.39, 0.29) is 36.7 Å². The number of aliphatic carboxylic acids is 1. The largest absolute Gasteiger partial charge is 0.480 e. The van der Waals surface area contributed by atoms with E-state index in [9.17, 15) is 19.2 Å². The smallest absolute Gasteiger partial charge is 0.317 e. The molecule has 0 radical (unpaired) electrons. The Bertz CT molecular complexity index is 838. The first-order valence-corrected chi connectivity index (χ1v) is 9.61. The van der Waals surface area contributed by atoms with Gasteiger partial charge in [0.2, 0.25) is 5.91 Å². The Morgan fingerprint density at radius 2 is 1.83 bits per heavy atom. The molecule has 3 atom stereocenters. The van der Waals surface area contributed by atoms with Gasteiger partial charge >= 0.3 is 5.97 Å². The Labute approximate surface area is 174 Å². The number of amides is 2. The molecule has 0 spiro atoms. The second kappa shape index (κ2) is 9.97. The minimum absolute atomic E-state index is 0.109. The summed E-state index contributed by atoms with van der Waals surface area (Å²) in [6, 6.07) is 4.42. The van der Waals surface area contributed by atoms with Crippen molar-refractivity contribution in [1.82, 2.24) is 15.5 Å². The van der Waals surface area contributed by atoms with Crippen molar-refractivity contribution in [3.8, 4) is 0 Å². The maximum atomic E-state index is 12.9. The van der Waals surface area contributed by atoms with Gasteiger partial charge in [0.15, 0.2) is 5.78 Å². The highest BCUT2D eigenvalue weighted by molar-refractivity contribution is 6.00. The Morgan fingerprint density at radius 3 is 2.37 bits per heavy atom. The lowest BCUT2D eigenvalue weighted by atomic mass is 9.94. The molecular weight excluding hydrogens is 390 g/mol. The molecule has 1 aromatic carbocycles. The number of hydrogen-bond acceptors (Lipinski definition) is 6. The SMILES string of the molecule is CC(=O)[C@@H]1CC(NCC(=O)O)CCN1C(=O)C(C)NC(=O)c1ccc(C(=N)N)cc1.